The van der Waals surface area contributed by atoms with E-state index < -0.39 is 17.1 Å². The summed E-state index contributed by atoms with van der Waals surface area (Å²) in [6.07, 6.45) is 1.44. The molecule has 5 aromatic carbocycles. The summed E-state index contributed by atoms with van der Waals surface area (Å²) >= 11 is 20.4. The molecule has 236 valence electrons. The average molecular weight is 701 g/mol. The van der Waals surface area contributed by atoms with Gasteiger partial charge in [-0.05, 0) is 78.7 Å². The molecule has 0 aromatic heterocycles. The van der Waals surface area contributed by atoms with Gasteiger partial charge in [-0.15, -0.1) is 11.8 Å². The van der Waals surface area contributed by atoms with Crippen LogP contribution < -0.4 is 16.0 Å². The lowest BCUT2D eigenvalue weighted by Gasteiger charge is -2.18. The van der Waals surface area contributed by atoms with Crippen LogP contribution in [0.1, 0.15) is 32.3 Å². The average Bonchev–Trinajstić information content (AvgIpc) is 3.07. The lowest BCUT2D eigenvalue weighted by atomic mass is 10.1. The molecule has 0 saturated carbocycles. The standard InChI is InChI=1S/C37H28Cl3N3O3S/c1-23-18-19-27(21-32(23)40)42-37(46)34(24-10-4-2-5-11-24)47-28-15-8-14-26(20-28)41-36(45)33(22-29-30(38)16-9-17-31(29)39)43-35(44)25-12-6-3-7-13-25/h2-22,34H,1H3,(H,41,45)(H,42,46)(H,43,44)/b33-22+. The summed E-state index contributed by atoms with van der Waals surface area (Å²) in [6.45, 7) is 1.89. The van der Waals surface area contributed by atoms with Gasteiger partial charge >= 0.3 is 0 Å². The lowest BCUT2D eigenvalue weighted by molar-refractivity contribution is -0.116. The van der Waals surface area contributed by atoms with Gasteiger partial charge in [0.2, 0.25) is 5.91 Å². The second-order valence-electron chi connectivity index (χ2n) is 10.4. The van der Waals surface area contributed by atoms with Crippen molar-refractivity contribution in [2.45, 2.75) is 17.1 Å². The fraction of sp³-hybridized carbons (Fsp3) is 0.0541. The largest absolute Gasteiger partial charge is 0.325 e. The Labute approximate surface area is 292 Å². The maximum absolute atomic E-state index is 13.7. The minimum atomic E-state index is -0.620. The first-order chi connectivity index (χ1) is 22.7. The van der Waals surface area contributed by atoms with Crippen molar-refractivity contribution in [2.24, 2.45) is 0 Å². The van der Waals surface area contributed by atoms with Gasteiger partial charge in [-0.3, -0.25) is 14.4 Å². The maximum Gasteiger partial charge on any atom is 0.272 e. The number of carbonyl (C=O) groups is 3. The van der Waals surface area contributed by atoms with Gasteiger partial charge in [-0.25, -0.2) is 0 Å². The maximum atomic E-state index is 13.7. The molecular weight excluding hydrogens is 673 g/mol. The van der Waals surface area contributed by atoms with Crippen LogP contribution in [0.3, 0.4) is 0 Å². The molecule has 6 nitrogen and oxygen atoms in total. The van der Waals surface area contributed by atoms with Crippen molar-refractivity contribution in [2.75, 3.05) is 10.6 Å². The van der Waals surface area contributed by atoms with Crippen LogP contribution >= 0.6 is 46.6 Å². The summed E-state index contributed by atoms with van der Waals surface area (Å²) in [4.78, 5) is 41.1. The Kier molecular flexibility index (Phi) is 11.4. The van der Waals surface area contributed by atoms with E-state index in [2.05, 4.69) is 16.0 Å². The molecule has 47 heavy (non-hydrogen) atoms. The normalized spacial score (nSPS) is 11.8. The predicted molar refractivity (Wildman–Crippen MR) is 193 cm³/mol. The van der Waals surface area contributed by atoms with Gasteiger partial charge in [0.25, 0.3) is 11.8 Å². The zero-order valence-electron chi connectivity index (χ0n) is 25.0. The Morgan fingerprint density at radius 2 is 1.32 bits per heavy atom. The number of anilines is 2. The topological polar surface area (TPSA) is 87.3 Å². The number of nitrogens with one attached hydrogen (secondary N) is 3. The third-order valence-corrected chi connectivity index (χ3v) is 9.26. The third kappa shape index (κ3) is 9.05. The quantitative estimate of drug-likeness (QED) is 0.100. The van der Waals surface area contributed by atoms with Gasteiger partial charge in [0, 0.05) is 42.5 Å². The summed E-state index contributed by atoms with van der Waals surface area (Å²) in [6, 6.07) is 35.4. The SMILES string of the molecule is Cc1ccc(NC(=O)C(Sc2cccc(NC(=O)/C(=C\c3c(Cl)cccc3Cl)NC(=O)c3ccccc3)c2)c2ccccc2)cc1Cl. The van der Waals surface area contributed by atoms with Gasteiger partial charge in [-0.1, -0.05) is 102 Å². The van der Waals surface area contributed by atoms with E-state index in [-0.39, 0.29) is 11.6 Å². The molecule has 0 radical (unpaired) electrons. The van der Waals surface area contributed by atoms with E-state index in [9.17, 15) is 14.4 Å². The summed E-state index contributed by atoms with van der Waals surface area (Å²) in [5.74, 6) is -1.31. The predicted octanol–water partition coefficient (Wildman–Crippen LogP) is 9.84. The molecule has 3 N–H and O–H groups in total. The van der Waals surface area contributed by atoms with E-state index in [1.54, 1.807) is 78.9 Å². The fourth-order valence-corrected chi connectivity index (χ4v) is 6.27. The molecular formula is C37H28Cl3N3O3S. The second kappa shape index (κ2) is 15.8. The second-order valence-corrected chi connectivity index (χ2v) is 12.8. The number of amides is 3. The number of hydrogen-bond donors (Lipinski definition) is 3. The van der Waals surface area contributed by atoms with Crippen molar-refractivity contribution >= 4 is 81.7 Å². The van der Waals surface area contributed by atoms with Crippen LogP contribution in [-0.2, 0) is 9.59 Å². The van der Waals surface area contributed by atoms with Crippen molar-refractivity contribution in [3.05, 3.63) is 164 Å². The summed E-state index contributed by atoms with van der Waals surface area (Å²) in [7, 11) is 0. The molecule has 5 aromatic rings. The highest BCUT2D eigenvalue weighted by molar-refractivity contribution is 8.00. The highest BCUT2D eigenvalue weighted by Gasteiger charge is 2.23. The molecule has 0 fully saturated rings. The first-order valence-electron chi connectivity index (χ1n) is 14.4. The zero-order valence-corrected chi connectivity index (χ0v) is 28.1. The number of aryl methyl sites for hydroxylation is 1. The molecule has 1 unspecified atom stereocenters. The van der Waals surface area contributed by atoms with Gasteiger partial charge in [0.1, 0.15) is 10.9 Å². The first kappa shape index (κ1) is 33.8. The van der Waals surface area contributed by atoms with Crippen molar-refractivity contribution < 1.29 is 14.4 Å². The van der Waals surface area contributed by atoms with E-state index in [0.717, 1.165) is 16.0 Å². The molecule has 0 spiro atoms. The van der Waals surface area contributed by atoms with Gasteiger partial charge in [0.05, 0.1) is 0 Å². The fourth-order valence-electron chi connectivity index (χ4n) is 4.50. The lowest BCUT2D eigenvalue weighted by Crippen LogP contribution is -2.30. The number of halogens is 3. The molecule has 0 aliphatic heterocycles. The summed E-state index contributed by atoms with van der Waals surface area (Å²) in [5.41, 5.74) is 3.42. The van der Waals surface area contributed by atoms with Gasteiger partial charge in [0.15, 0.2) is 0 Å². The monoisotopic (exact) mass is 699 g/mol. The van der Waals surface area contributed by atoms with E-state index in [4.69, 9.17) is 34.8 Å². The molecule has 0 aliphatic carbocycles. The Morgan fingerprint density at radius 1 is 0.681 bits per heavy atom. The van der Waals surface area contributed by atoms with Crippen LogP contribution in [0.4, 0.5) is 11.4 Å². The van der Waals surface area contributed by atoms with Gasteiger partial charge in [-0.2, -0.15) is 0 Å². The number of rotatable bonds is 10. The Bertz CT molecular complexity index is 1930. The molecule has 1 atom stereocenters. The Morgan fingerprint density at radius 3 is 2.00 bits per heavy atom. The molecule has 10 heteroatoms. The van der Waals surface area contributed by atoms with Gasteiger partial charge < -0.3 is 16.0 Å². The molecule has 0 heterocycles. The van der Waals surface area contributed by atoms with Crippen molar-refractivity contribution in [3.8, 4) is 0 Å². The van der Waals surface area contributed by atoms with Crippen LogP contribution in [0.5, 0.6) is 0 Å². The number of thioether (sulfide) groups is 1. The minimum Gasteiger partial charge on any atom is -0.325 e. The van der Waals surface area contributed by atoms with Crippen molar-refractivity contribution in [1.29, 1.82) is 0 Å². The summed E-state index contributed by atoms with van der Waals surface area (Å²) in [5, 5.41) is 9.08. The van der Waals surface area contributed by atoms with E-state index in [0.29, 0.717) is 37.6 Å². The van der Waals surface area contributed by atoms with Crippen LogP contribution in [0.2, 0.25) is 15.1 Å². The van der Waals surface area contributed by atoms with Crippen LogP contribution in [0.25, 0.3) is 6.08 Å². The molecule has 5 rings (SSSR count). The minimum absolute atomic E-state index is 0.0646. The zero-order chi connectivity index (χ0) is 33.3. The molecule has 0 aliphatic rings. The van der Waals surface area contributed by atoms with E-state index >= 15 is 0 Å². The Balaban J connectivity index is 1.40. The van der Waals surface area contributed by atoms with Crippen molar-refractivity contribution in [1.82, 2.24) is 5.32 Å². The first-order valence-corrected chi connectivity index (χ1v) is 16.4. The van der Waals surface area contributed by atoms with Crippen LogP contribution in [0.15, 0.2) is 132 Å². The van der Waals surface area contributed by atoms with Crippen molar-refractivity contribution in [3.63, 3.8) is 0 Å². The smallest absolute Gasteiger partial charge is 0.272 e. The Hall–Kier alpha value is -4.53. The molecule has 0 bridgehead atoms. The summed E-state index contributed by atoms with van der Waals surface area (Å²) < 4.78 is 0. The third-order valence-electron chi connectivity index (χ3n) is 6.94. The number of benzene rings is 5. The molecule has 3 amide bonds. The van der Waals surface area contributed by atoms with E-state index in [1.807, 2.05) is 49.4 Å². The van der Waals surface area contributed by atoms with Crippen LogP contribution in [-0.4, -0.2) is 17.7 Å². The number of hydrogen-bond acceptors (Lipinski definition) is 4. The highest BCUT2D eigenvalue weighted by Crippen LogP contribution is 2.37. The van der Waals surface area contributed by atoms with Crippen LogP contribution in [0, 0.1) is 6.92 Å². The highest BCUT2D eigenvalue weighted by atomic mass is 35.5. The number of carbonyl (C=O) groups excluding carboxylic acids is 3. The van der Waals surface area contributed by atoms with E-state index in [1.165, 1.54) is 17.8 Å². The molecule has 0 saturated heterocycles.